The lowest BCUT2D eigenvalue weighted by atomic mass is 9.81. The third kappa shape index (κ3) is 2.93. The van der Waals surface area contributed by atoms with E-state index in [4.69, 9.17) is 4.74 Å². The van der Waals surface area contributed by atoms with Crippen molar-refractivity contribution >= 4 is 0 Å². The standard InChI is InChI=1S/C16H24O2/c1-3-18-12-13-8-10-15(11-9-13)16(2,17)14-6-4-5-7-14/h8-11,14,17H,3-7,12H2,1-2H3. The van der Waals surface area contributed by atoms with E-state index in [1.165, 1.54) is 18.4 Å². The normalized spacial score (nSPS) is 19.9. The van der Waals surface area contributed by atoms with Crippen molar-refractivity contribution in [3.63, 3.8) is 0 Å². The Balaban J connectivity index is 2.07. The molecule has 0 heterocycles. The van der Waals surface area contributed by atoms with Gasteiger partial charge in [0.25, 0.3) is 0 Å². The molecule has 0 bridgehead atoms. The van der Waals surface area contributed by atoms with Gasteiger partial charge in [-0.3, -0.25) is 0 Å². The van der Waals surface area contributed by atoms with Crippen LogP contribution >= 0.6 is 0 Å². The minimum Gasteiger partial charge on any atom is -0.385 e. The Kier molecular flexibility index (Phi) is 4.41. The number of hydrogen-bond donors (Lipinski definition) is 1. The summed E-state index contributed by atoms with van der Waals surface area (Å²) in [7, 11) is 0. The van der Waals surface area contributed by atoms with Crippen LogP contribution in [0.15, 0.2) is 24.3 Å². The summed E-state index contributed by atoms with van der Waals surface area (Å²) in [5.41, 5.74) is 1.53. The van der Waals surface area contributed by atoms with E-state index < -0.39 is 5.60 Å². The van der Waals surface area contributed by atoms with E-state index in [0.29, 0.717) is 12.5 Å². The van der Waals surface area contributed by atoms with Crippen molar-refractivity contribution in [1.29, 1.82) is 0 Å². The Labute approximate surface area is 110 Å². The van der Waals surface area contributed by atoms with Crippen LogP contribution in [0.2, 0.25) is 0 Å². The van der Waals surface area contributed by atoms with Gasteiger partial charge >= 0.3 is 0 Å². The van der Waals surface area contributed by atoms with E-state index >= 15 is 0 Å². The molecule has 0 spiro atoms. The van der Waals surface area contributed by atoms with Crippen LogP contribution in [0.3, 0.4) is 0 Å². The maximum absolute atomic E-state index is 10.7. The molecule has 1 fully saturated rings. The van der Waals surface area contributed by atoms with Crippen LogP contribution in [0.4, 0.5) is 0 Å². The summed E-state index contributed by atoms with van der Waals surface area (Å²) in [6.45, 7) is 5.35. The van der Waals surface area contributed by atoms with Crippen molar-refractivity contribution in [3.8, 4) is 0 Å². The highest BCUT2D eigenvalue weighted by atomic mass is 16.5. The second-order valence-electron chi connectivity index (χ2n) is 5.46. The summed E-state index contributed by atoms with van der Waals surface area (Å²) < 4.78 is 5.38. The summed E-state index contributed by atoms with van der Waals surface area (Å²) in [6, 6.07) is 8.22. The fraction of sp³-hybridized carbons (Fsp3) is 0.625. The smallest absolute Gasteiger partial charge is 0.0896 e. The monoisotopic (exact) mass is 248 g/mol. The lowest BCUT2D eigenvalue weighted by Crippen LogP contribution is -2.29. The Morgan fingerprint density at radius 2 is 1.83 bits per heavy atom. The lowest BCUT2D eigenvalue weighted by Gasteiger charge is -2.30. The molecule has 100 valence electrons. The molecule has 2 heteroatoms. The molecule has 1 atom stereocenters. The van der Waals surface area contributed by atoms with Crippen LogP contribution in [-0.4, -0.2) is 11.7 Å². The Hall–Kier alpha value is -0.860. The zero-order chi connectivity index (χ0) is 13.0. The van der Waals surface area contributed by atoms with E-state index in [9.17, 15) is 5.11 Å². The molecule has 1 aromatic rings. The second-order valence-corrected chi connectivity index (χ2v) is 5.46. The fourth-order valence-electron chi connectivity index (χ4n) is 2.88. The first-order chi connectivity index (χ1) is 8.64. The average Bonchev–Trinajstić information content (AvgIpc) is 2.91. The van der Waals surface area contributed by atoms with Gasteiger partial charge in [0.1, 0.15) is 0 Å². The topological polar surface area (TPSA) is 29.5 Å². The molecule has 1 N–H and O–H groups in total. The molecule has 1 aromatic carbocycles. The third-order valence-corrected chi connectivity index (χ3v) is 4.16. The Bertz CT molecular complexity index is 361. The lowest BCUT2D eigenvalue weighted by molar-refractivity contribution is -0.00337. The molecule has 0 aliphatic heterocycles. The summed E-state index contributed by atoms with van der Waals surface area (Å²) in [6.07, 6.45) is 4.80. The maximum atomic E-state index is 10.7. The van der Waals surface area contributed by atoms with Gasteiger partial charge in [-0.25, -0.2) is 0 Å². The van der Waals surface area contributed by atoms with Crippen LogP contribution in [0.5, 0.6) is 0 Å². The SMILES string of the molecule is CCOCc1ccc(C(C)(O)C2CCCC2)cc1. The van der Waals surface area contributed by atoms with Gasteiger partial charge in [-0.05, 0) is 43.7 Å². The first kappa shape index (κ1) is 13.6. The van der Waals surface area contributed by atoms with Crippen LogP contribution < -0.4 is 0 Å². The van der Waals surface area contributed by atoms with Crippen molar-refractivity contribution in [1.82, 2.24) is 0 Å². The molecule has 1 aliphatic carbocycles. The predicted octanol–water partition coefficient (Wildman–Crippen LogP) is 3.62. The maximum Gasteiger partial charge on any atom is 0.0896 e. The number of ether oxygens (including phenoxy) is 1. The zero-order valence-electron chi connectivity index (χ0n) is 11.5. The molecular weight excluding hydrogens is 224 g/mol. The van der Waals surface area contributed by atoms with Crippen LogP contribution in [0, 0.1) is 5.92 Å². The van der Waals surface area contributed by atoms with E-state index in [0.717, 1.165) is 25.0 Å². The van der Waals surface area contributed by atoms with Crippen molar-refractivity contribution in [3.05, 3.63) is 35.4 Å². The van der Waals surface area contributed by atoms with Crippen LogP contribution in [0.25, 0.3) is 0 Å². The molecule has 0 aromatic heterocycles. The van der Waals surface area contributed by atoms with Gasteiger partial charge in [0.2, 0.25) is 0 Å². The van der Waals surface area contributed by atoms with Crippen molar-refractivity contribution < 1.29 is 9.84 Å². The molecule has 0 amide bonds. The summed E-state index contributed by atoms with van der Waals surface area (Å²) in [5.74, 6) is 0.412. The molecule has 0 saturated heterocycles. The van der Waals surface area contributed by atoms with Crippen molar-refractivity contribution in [2.45, 2.75) is 51.7 Å². The quantitative estimate of drug-likeness (QED) is 0.862. The van der Waals surface area contributed by atoms with Crippen molar-refractivity contribution in [2.24, 2.45) is 5.92 Å². The highest BCUT2D eigenvalue weighted by Crippen LogP contribution is 2.40. The fourth-order valence-corrected chi connectivity index (χ4v) is 2.88. The van der Waals surface area contributed by atoms with Gasteiger partial charge in [-0.2, -0.15) is 0 Å². The highest BCUT2D eigenvalue weighted by molar-refractivity contribution is 5.27. The number of rotatable bonds is 5. The highest BCUT2D eigenvalue weighted by Gasteiger charge is 2.35. The molecule has 1 unspecified atom stereocenters. The van der Waals surface area contributed by atoms with Gasteiger partial charge in [0, 0.05) is 6.61 Å². The zero-order valence-corrected chi connectivity index (χ0v) is 11.5. The molecule has 0 radical (unpaired) electrons. The van der Waals surface area contributed by atoms with Crippen molar-refractivity contribution in [2.75, 3.05) is 6.61 Å². The van der Waals surface area contributed by atoms with Gasteiger partial charge in [-0.15, -0.1) is 0 Å². The van der Waals surface area contributed by atoms with Gasteiger partial charge < -0.3 is 9.84 Å². The van der Waals surface area contributed by atoms with E-state index in [1.54, 1.807) is 0 Å². The Morgan fingerprint density at radius 3 is 2.39 bits per heavy atom. The molecule has 2 rings (SSSR count). The first-order valence-corrected chi connectivity index (χ1v) is 7.04. The van der Waals surface area contributed by atoms with E-state index in [1.807, 2.05) is 26.0 Å². The summed E-state index contributed by atoms with van der Waals surface area (Å²) >= 11 is 0. The largest absolute Gasteiger partial charge is 0.385 e. The minimum absolute atomic E-state index is 0.412. The number of benzene rings is 1. The minimum atomic E-state index is -0.680. The Morgan fingerprint density at radius 1 is 1.22 bits per heavy atom. The molecule has 18 heavy (non-hydrogen) atoms. The molecular formula is C16H24O2. The molecule has 1 aliphatic rings. The predicted molar refractivity (Wildman–Crippen MR) is 73.3 cm³/mol. The third-order valence-electron chi connectivity index (χ3n) is 4.16. The second kappa shape index (κ2) is 5.85. The number of hydrogen-bond acceptors (Lipinski definition) is 2. The van der Waals surface area contributed by atoms with Gasteiger partial charge in [0.15, 0.2) is 0 Å². The molecule has 1 saturated carbocycles. The van der Waals surface area contributed by atoms with E-state index in [-0.39, 0.29) is 0 Å². The number of aliphatic hydroxyl groups is 1. The van der Waals surface area contributed by atoms with Gasteiger partial charge in [0.05, 0.1) is 12.2 Å². The first-order valence-electron chi connectivity index (χ1n) is 7.04. The summed E-state index contributed by atoms with van der Waals surface area (Å²) in [5, 5.41) is 10.7. The van der Waals surface area contributed by atoms with Gasteiger partial charge in [-0.1, -0.05) is 37.1 Å². The average molecular weight is 248 g/mol. The van der Waals surface area contributed by atoms with Crippen LogP contribution in [0.1, 0.15) is 50.7 Å². The van der Waals surface area contributed by atoms with Crippen LogP contribution in [-0.2, 0) is 16.9 Å². The van der Waals surface area contributed by atoms with E-state index in [2.05, 4.69) is 12.1 Å². The summed E-state index contributed by atoms with van der Waals surface area (Å²) in [4.78, 5) is 0. The molecule has 2 nitrogen and oxygen atoms in total.